The fraction of sp³-hybridized carbons (Fsp3) is 0.609. The van der Waals surface area contributed by atoms with Crippen molar-refractivity contribution < 1.29 is 4.79 Å². The van der Waals surface area contributed by atoms with Crippen LogP contribution in [0, 0.1) is 5.41 Å². The Morgan fingerprint density at radius 1 is 1.20 bits per heavy atom. The lowest BCUT2D eigenvalue weighted by Gasteiger charge is -2.29. The Morgan fingerprint density at radius 3 is 2.36 bits per heavy atom. The lowest BCUT2D eigenvalue weighted by Crippen LogP contribution is -2.40. The van der Waals surface area contributed by atoms with Crippen LogP contribution in [-0.4, -0.2) is 12.5 Å². The number of amides is 1. The molecule has 0 N–H and O–H groups in total. The van der Waals surface area contributed by atoms with E-state index in [1.165, 1.54) is 30.4 Å². The van der Waals surface area contributed by atoms with E-state index in [1.807, 2.05) is 25.7 Å². The molecule has 1 aliphatic carbocycles. The first-order valence-corrected chi connectivity index (χ1v) is 10.1. The van der Waals surface area contributed by atoms with Gasteiger partial charge in [-0.05, 0) is 49.4 Å². The quantitative estimate of drug-likeness (QED) is 0.590. The Bertz CT molecular complexity index is 567. The minimum Gasteiger partial charge on any atom is -0.311 e. The molecule has 0 spiro atoms. The third-order valence-corrected chi connectivity index (χ3v) is 4.83. The molecule has 0 saturated heterocycles. The molecule has 2 nitrogen and oxygen atoms in total. The first-order valence-electron chi connectivity index (χ1n) is 10.1. The van der Waals surface area contributed by atoms with E-state index in [0.717, 1.165) is 31.5 Å². The molecule has 1 aromatic carbocycles. The third kappa shape index (κ3) is 5.20. The van der Waals surface area contributed by atoms with E-state index in [4.69, 9.17) is 0 Å². The second-order valence-corrected chi connectivity index (χ2v) is 7.07. The smallest absolute Gasteiger partial charge is 0.232 e. The minimum atomic E-state index is -0.121. The summed E-state index contributed by atoms with van der Waals surface area (Å²) in [5.74, 6) is 0.340. The van der Waals surface area contributed by atoms with Gasteiger partial charge in [-0.3, -0.25) is 4.79 Å². The highest BCUT2D eigenvalue weighted by molar-refractivity contribution is 5.99. The average molecular weight is 344 g/mol. The van der Waals surface area contributed by atoms with Gasteiger partial charge in [-0.1, -0.05) is 72.1 Å². The van der Waals surface area contributed by atoms with E-state index in [0.29, 0.717) is 5.91 Å². The Kier molecular flexibility index (Phi) is 8.96. The Hall–Kier alpha value is -1.57. The SMILES string of the molecule is C/C=C/c1ccc2c(c1)CCN2C(=O)C1(C)CCCC1.CC.CCC. The van der Waals surface area contributed by atoms with Gasteiger partial charge in [-0.25, -0.2) is 0 Å². The lowest BCUT2D eigenvalue weighted by molar-refractivity contribution is -0.127. The average Bonchev–Trinajstić information content (AvgIpc) is 3.24. The molecule has 0 unspecified atom stereocenters. The summed E-state index contributed by atoms with van der Waals surface area (Å²) < 4.78 is 0. The predicted molar refractivity (Wildman–Crippen MR) is 111 cm³/mol. The van der Waals surface area contributed by atoms with Gasteiger partial charge in [-0.15, -0.1) is 0 Å². The molecule has 2 heteroatoms. The molecule has 0 aromatic heterocycles. The predicted octanol–water partition coefficient (Wildman–Crippen LogP) is 6.63. The van der Waals surface area contributed by atoms with Crippen LogP contribution in [0.3, 0.4) is 0 Å². The largest absolute Gasteiger partial charge is 0.311 e. The van der Waals surface area contributed by atoms with Crippen molar-refractivity contribution in [2.24, 2.45) is 5.41 Å². The zero-order chi connectivity index (χ0) is 18.9. The van der Waals surface area contributed by atoms with Crippen molar-refractivity contribution in [2.75, 3.05) is 11.4 Å². The summed E-state index contributed by atoms with van der Waals surface area (Å²) in [6.45, 7) is 13.3. The van der Waals surface area contributed by atoms with Gasteiger partial charge < -0.3 is 4.90 Å². The van der Waals surface area contributed by atoms with Crippen LogP contribution in [0.4, 0.5) is 5.69 Å². The fourth-order valence-corrected chi connectivity index (χ4v) is 3.62. The van der Waals surface area contributed by atoms with Crippen LogP contribution in [0.1, 0.15) is 84.8 Å². The van der Waals surface area contributed by atoms with Gasteiger partial charge in [-0.2, -0.15) is 0 Å². The van der Waals surface area contributed by atoms with Crippen molar-refractivity contribution in [3.8, 4) is 0 Å². The van der Waals surface area contributed by atoms with E-state index in [1.54, 1.807) is 0 Å². The third-order valence-electron chi connectivity index (χ3n) is 4.83. The van der Waals surface area contributed by atoms with Crippen LogP contribution in [0.5, 0.6) is 0 Å². The van der Waals surface area contributed by atoms with Gasteiger partial charge in [0.2, 0.25) is 5.91 Å². The first-order chi connectivity index (χ1) is 12.1. The first kappa shape index (κ1) is 21.5. The van der Waals surface area contributed by atoms with Crippen molar-refractivity contribution in [3.05, 3.63) is 35.4 Å². The number of hydrogen-bond acceptors (Lipinski definition) is 1. The molecule has 0 radical (unpaired) electrons. The number of hydrogen-bond donors (Lipinski definition) is 0. The molecule has 2 aliphatic rings. The summed E-state index contributed by atoms with van der Waals surface area (Å²) in [6.07, 6.45) is 10.9. The Balaban J connectivity index is 0.000000567. The highest BCUT2D eigenvalue weighted by Gasteiger charge is 2.41. The minimum absolute atomic E-state index is 0.121. The number of anilines is 1. The van der Waals surface area contributed by atoms with Crippen LogP contribution >= 0.6 is 0 Å². The molecule has 0 atom stereocenters. The number of carbonyl (C=O) groups excluding carboxylic acids is 1. The molecule has 1 heterocycles. The number of rotatable bonds is 2. The summed E-state index contributed by atoms with van der Waals surface area (Å²) in [4.78, 5) is 14.9. The molecule has 1 aliphatic heterocycles. The molecule has 1 saturated carbocycles. The summed E-state index contributed by atoms with van der Waals surface area (Å²) in [7, 11) is 0. The van der Waals surface area contributed by atoms with Crippen molar-refractivity contribution in [2.45, 2.75) is 80.1 Å². The highest BCUT2D eigenvalue weighted by atomic mass is 16.2. The zero-order valence-corrected chi connectivity index (χ0v) is 17.2. The summed E-state index contributed by atoms with van der Waals surface area (Å²) >= 11 is 0. The van der Waals surface area contributed by atoms with Gasteiger partial charge in [0, 0.05) is 17.6 Å². The fourth-order valence-electron chi connectivity index (χ4n) is 3.62. The molecule has 3 rings (SSSR count). The van der Waals surface area contributed by atoms with E-state index < -0.39 is 0 Å². The molecule has 25 heavy (non-hydrogen) atoms. The van der Waals surface area contributed by atoms with E-state index >= 15 is 0 Å². The van der Waals surface area contributed by atoms with Gasteiger partial charge in [0.1, 0.15) is 0 Å². The second kappa shape index (κ2) is 10.4. The highest BCUT2D eigenvalue weighted by Crippen LogP contribution is 2.42. The summed E-state index contributed by atoms with van der Waals surface area (Å²) in [5, 5.41) is 0. The summed E-state index contributed by atoms with van der Waals surface area (Å²) in [5.41, 5.74) is 3.56. The van der Waals surface area contributed by atoms with Crippen LogP contribution in [0.25, 0.3) is 6.08 Å². The molecular weight excluding hydrogens is 306 g/mol. The Labute approximate surface area is 155 Å². The maximum atomic E-state index is 12.9. The Morgan fingerprint density at radius 2 is 1.80 bits per heavy atom. The normalized spacial score (nSPS) is 17.4. The van der Waals surface area contributed by atoms with Crippen molar-refractivity contribution >= 4 is 17.7 Å². The molecule has 140 valence electrons. The lowest BCUT2D eigenvalue weighted by atomic mass is 9.87. The number of benzene rings is 1. The topological polar surface area (TPSA) is 20.3 Å². The summed E-state index contributed by atoms with van der Waals surface area (Å²) in [6, 6.07) is 6.45. The van der Waals surface area contributed by atoms with Crippen molar-refractivity contribution in [1.82, 2.24) is 0 Å². The van der Waals surface area contributed by atoms with Gasteiger partial charge in [0.15, 0.2) is 0 Å². The molecular formula is C23H37NO. The zero-order valence-electron chi connectivity index (χ0n) is 17.2. The molecule has 0 bridgehead atoms. The maximum absolute atomic E-state index is 12.9. The van der Waals surface area contributed by atoms with Crippen LogP contribution in [0.2, 0.25) is 0 Å². The van der Waals surface area contributed by atoms with Gasteiger partial charge in [0.05, 0.1) is 0 Å². The van der Waals surface area contributed by atoms with E-state index in [-0.39, 0.29) is 5.41 Å². The van der Waals surface area contributed by atoms with E-state index in [9.17, 15) is 4.79 Å². The maximum Gasteiger partial charge on any atom is 0.232 e. The molecule has 1 aromatic rings. The number of nitrogens with zero attached hydrogens (tertiary/aromatic N) is 1. The van der Waals surface area contributed by atoms with Gasteiger partial charge >= 0.3 is 0 Å². The van der Waals surface area contributed by atoms with Gasteiger partial charge in [0.25, 0.3) is 0 Å². The standard InChI is InChI=1S/C18H23NO.C3H8.C2H6/c1-3-6-14-7-8-16-15(13-14)9-12-19(16)17(20)18(2)10-4-5-11-18;1-3-2;1-2/h3,6-8,13H,4-5,9-12H2,1-2H3;3H2,1-2H3;1-2H3/b6-3+;;. The van der Waals surface area contributed by atoms with Crippen LogP contribution < -0.4 is 4.90 Å². The number of allylic oxidation sites excluding steroid dienone is 1. The molecule has 1 amide bonds. The monoisotopic (exact) mass is 343 g/mol. The number of fused-ring (bicyclic) bond motifs is 1. The van der Waals surface area contributed by atoms with Crippen LogP contribution in [0.15, 0.2) is 24.3 Å². The van der Waals surface area contributed by atoms with Crippen LogP contribution in [-0.2, 0) is 11.2 Å². The van der Waals surface area contributed by atoms with Crippen molar-refractivity contribution in [3.63, 3.8) is 0 Å². The van der Waals surface area contributed by atoms with Crippen molar-refractivity contribution in [1.29, 1.82) is 0 Å². The second-order valence-electron chi connectivity index (χ2n) is 7.07. The number of carbonyl (C=O) groups is 1. The molecule has 1 fully saturated rings. The van der Waals surface area contributed by atoms with E-state index in [2.05, 4.69) is 51.1 Å².